The number of aromatic amines is 1. The van der Waals surface area contributed by atoms with Crippen molar-refractivity contribution >= 4 is 22.5 Å². The normalized spacial score (nSPS) is 13.4. The van der Waals surface area contributed by atoms with Gasteiger partial charge in [0.15, 0.2) is 0 Å². The average Bonchev–Trinajstić information content (AvgIpc) is 3.17. The van der Waals surface area contributed by atoms with Crippen LogP contribution in [0, 0.1) is 0 Å². The molecule has 0 fully saturated rings. The van der Waals surface area contributed by atoms with E-state index < -0.39 is 0 Å². The molecule has 0 saturated heterocycles. The highest BCUT2D eigenvalue weighted by Gasteiger charge is 2.23. The number of amides is 1. The van der Waals surface area contributed by atoms with Crippen LogP contribution in [0.25, 0.3) is 22.2 Å². The van der Waals surface area contributed by atoms with Crippen molar-refractivity contribution in [3.8, 4) is 11.3 Å². The highest BCUT2D eigenvalue weighted by molar-refractivity contribution is 6.03. The van der Waals surface area contributed by atoms with Crippen molar-refractivity contribution < 1.29 is 4.79 Å². The van der Waals surface area contributed by atoms with E-state index >= 15 is 0 Å². The van der Waals surface area contributed by atoms with Crippen molar-refractivity contribution in [2.24, 2.45) is 0 Å². The van der Waals surface area contributed by atoms with Crippen LogP contribution in [-0.4, -0.2) is 27.6 Å². The fourth-order valence-corrected chi connectivity index (χ4v) is 2.95. The third kappa shape index (κ3) is 1.83. The Bertz CT molecular complexity index is 897. The summed E-state index contributed by atoms with van der Waals surface area (Å²) in [5, 5.41) is 8.41. The molecule has 4 rings (SSSR count). The topological polar surface area (TPSA) is 61.9 Å². The Hall–Kier alpha value is -2.95. The van der Waals surface area contributed by atoms with Crippen molar-refractivity contribution in [2.75, 3.05) is 11.4 Å². The molecule has 22 heavy (non-hydrogen) atoms. The van der Waals surface area contributed by atoms with Gasteiger partial charge >= 0.3 is 0 Å². The summed E-state index contributed by atoms with van der Waals surface area (Å²) in [6.45, 7) is 4.28. The standard InChI is InChI=1S/C17H14N4O/c1-2-16(22)21-8-6-11-3-4-12(9-15(11)21)17-13-5-7-18-10-14(13)19-20-17/h2-5,7,9-10H,1,6,8H2,(H,19,20). The predicted octanol–water partition coefficient (Wildman–Crippen LogP) is 2.70. The van der Waals surface area contributed by atoms with Crippen LogP contribution >= 0.6 is 0 Å². The monoisotopic (exact) mass is 290 g/mol. The number of hydrogen-bond acceptors (Lipinski definition) is 3. The lowest BCUT2D eigenvalue weighted by Crippen LogP contribution is -2.26. The third-order valence-electron chi connectivity index (χ3n) is 4.06. The lowest BCUT2D eigenvalue weighted by atomic mass is 10.0. The second kappa shape index (κ2) is 4.80. The molecule has 0 atom stereocenters. The van der Waals surface area contributed by atoms with E-state index in [1.165, 1.54) is 11.6 Å². The van der Waals surface area contributed by atoms with E-state index in [2.05, 4.69) is 33.9 Å². The molecule has 2 aromatic heterocycles. The predicted molar refractivity (Wildman–Crippen MR) is 85.6 cm³/mol. The molecule has 1 aromatic carbocycles. The van der Waals surface area contributed by atoms with Gasteiger partial charge < -0.3 is 4.90 Å². The summed E-state index contributed by atoms with van der Waals surface area (Å²) >= 11 is 0. The Morgan fingerprint density at radius 1 is 1.36 bits per heavy atom. The summed E-state index contributed by atoms with van der Waals surface area (Å²) in [6, 6.07) is 8.09. The number of nitrogens with one attached hydrogen (secondary N) is 1. The number of aromatic nitrogens is 3. The largest absolute Gasteiger partial charge is 0.308 e. The highest BCUT2D eigenvalue weighted by atomic mass is 16.2. The van der Waals surface area contributed by atoms with Crippen LogP contribution in [0.1, 0.15) is 5.56 Å². The molecule has 0 bridgehead atoms. The summed E-state index contributed by atoms with van der Waals surface area (Å²) < 4.78 is 0. The summed E-state index contributed by atoms with van der Waals surface area (Å²) in [7, 11) is 0. The molecular formula is C17H14N4O. The van der Waals surface area contributed by atoms with E-state index in [1.807, 2.05) is 12.1 Å². The number of hydrogen-bond donors (Lipinski definition) is 1. The Labute approximate surface area is 127 Å². The number of benzene rings is 1. The van der Waals surface area contributed by atoms with Crippen LogP contribution in [-0.2, 0) is 11.2 Å². The lowest BCUT2D eigenvalue weighted by molar-refractivity contribution is -0.114. The number of carbonyl (C=O) groups excluding carboxylic acids is 1. The van der Waals surface area contributed by atoms with Gasteiger partial charge in [0.05, 0.1) is 11.7 Å². The summed E-state index contributed by atoms with van der Waals surface area (Å²) in [6.07, 6.45) is 5.74. The summed E-state index contributed by atoms with van der Waals surface area (Å²) in [5.74, 6) is -0.0630. The molecule has 1 amide bonds. The third-order valence-corrected chi connectivity index (χ3v) is 4.06. The van der Waals surface area contributed by atoms with E-state index in [-0.39, 0.29) is 5.91 Å². The van der Waals surface area contributed by atoms with Crippen molar-refractivity contribution in [3.05, 3.63) is 54.9 Å². The molecule has 0 aliphatic carbocycles. The second-order valence-electron chi connectivity index (χ2n) is 5.28. The molecular weight excluding hydrogens is 276 g/mol. The van der Waals surface area contributed by atoms with Gasteiger partial charge in [-0.1, -0.05) is 18.7 Å². The number of anilines is 1. The molecule has 108 valence electrons. The first-order valence-electron chi connectivity index (χ1n) is 7.13. The van der Waals surface area contributed by atoms with Gasteiger partial charge in [-0.3, -0.25) is 14.9 Å². The Balaban J connectivity index is 1.85. The van der Waals surface area contributed by atoms with Gasteiger partial charge in [-0.2, -0.15) is 5.10 Å². The van der Waals surface area contributed by atoms with Crippen LogP contribution in [0.3, 0.4) is 0 Å². The van der Waals surface area contributed by atoms with Crippen LogP contribution < -0.4 is 4.90 Å². The van der Waals surface area contributed by atoms with E-state index in [0.717, 1.165) is 34.3 Å². The number of H-pyrrole nitrogens is 1. The minimum atomic E-state index is -0.0630. The molecule has 1 aliphatic heterocycles. The van der Waals surface area contributed by atoms with Crippen LogP contribution in [0.5, 0.6) is 0 Å². The Morgan fingerprint density at radius 3 is 3.14 bits per heavy atom. The van der Waals surface area contributed by atoms with Crippen LogP contribution in [0.4, 0.5) is 5.69 Å². The highest BCUT2D eigenvalue weighted by Crippen LogP contribution is 2.34. The Kier molecular flexibility index (Phi) is 2.79. The van der Waals surface area contributed by atoms with Gasteiger partial charge in [0.25, 0.3) is 0 Å². The van der Waals surface area contributed by atoms with Gasteiger partial charge in [-0.15, -0.1) is 0 Å². The van der Waals surface area contributed by atoms with Gasteiger partial charge in [0.2, 0.25) is 5.91 Å². The molecule has 3 aromatic rings. The van der Waals surface area contributed by atoms with Gasteiger partial charge in [0.1, 0.15) is 5.69 Å². The van der Waals surface area contributed by atoms with Gasteiger partial charge in [-0.25, -0.2) is 0 Å². The first-order chi connectivity index (χ1) is 10.8. The average molecular weight is 290 g/mol. The number of fused-ring (bicyclic) bond motifs is 2. The van der Waals surface area contributed by atoms with Crippen molar-refractivity contribution in [3.63, 3.8) is 0 Å². The van der Waals surface area contributed by atoms with Gasteiger partial charge in [0, 0.05) is 29.4 Å². The van der Waals surface area contributed by atoms with Crippen LogP contribution in [0.15, 0.2) is 49.3 Å². The van der Waals surface area contributed by atoms with E-state index in [1.54, 1.807) is 17.3 Å². The molecule has 3 heterocycles. The molecule has 0 spiro atoms. The molecule has 1 aliphatic rings. The van der Waals surface area contributed by atoms with E-state index in [0.29, 0.717) is 6.54 Å². The maximum atomic E-state index is 12.0. The second-order valence-corrected chi connectivity index (χ2v) is 5.28. The number of nitrogens with zero attached hydrogens (tertiary/aromatic N) is 3. The van der Waals surface area contributed by atoms with Crippen molar-refractivity contribution in [1.29, 1.82) is 0 Å². The van der Waals surface area contributed by atoms with Crippen molar-refractivity contribution in [1.82, 2.24) is 15.2 Å². The minimum absolute atomic E-state index is 0.0630. The molecule has 0 radical (unpaired) electrons. The lowest BCUT2D eigenvalue weighted by Gasteiger charge is -2.15. The first-order valence-corrected chi connectivity index (χ1v) is 7.13. The Morgan fingerprint density at radius 2 is 2.27 bits per heavy atom. The molecule has 5 nitrogen and oxygen atoms in total. The smallest absolute Gasteiger partial charge is 0.250 e. The molecule has 1 N–H and O–H groups in total. The van der Waals surface area contributed by atoms with E-state index in [9.17, 15) is 4.79 Å². The molecule has 0 saturated carbocycles. The van der Waals surface area contributed by atoms with Crippen molar-refractivity contribution in [2.45, 2.75) is 6.42 Å². The first kappa shape index (κ1) is 12.8. The quantitative estimate of drug-likeness (QED) is 0.738. The summed E-state index contributed by atoms with van der Waals surface area (Å²) in [5.41, 5.74) is 4.89. The fourth-order valence-electron chi connectivity index (χ4n) is 2.95. The SMILES string of the molecule is C=CC(=O)N1CCc2ccc(-c3n[nH]c4cnccc34)cc21. The fraction of sp³-hybridized carbons (Fsp3) is 0.118. The zero-order valence-corrected chi connectivity index (χ0v) is 11.9. The zero-order chi connectivity index (χ0) is 15.1. The molecule has 5 heteroatoms. The zero-order valence-electron chi connectivity index (χ0n) is 11.9. The number of rotatable bonds is 2. The van der Waals surface area contributed by atoms with Gasteiger partial charge in [-0.05, 0) is 30.2 Å². The molecule has 0 unspecified atom stereocenters. The minimum Gasteiger partial charge on any atom is -0.308 e. The van der Waals surface area contributed by atoms with Crippen LogP contribution in [0.2, 0.25) is 0 Å². The number of pyridine rings is 1. The maximum absolute atomic E-state index is 12.0. The summed E-state index contributed by atoms with van der Waals surface area (Å²) in [4.78, 5) is 17.8. The number of carbonyl (C=O) groups is 1. The van der Waals surface area contributed by atoms with E-state index in [4.69, 9.17) is 0 Å². The maximum Gasteiger partial charge on any atom is 0.250 e.